The molecule has 1 saturated heterocycles. The first-order chi connectivity index (χ1) is 10.6. The second-order valence-electron chi connectivity index (χ2n) is 6.57. The predicted molar refractivity (Wildman–Crippen MR) is 91.8 cm³/mol. The van der Waals surface area contributed by atoms with Gasteiger partial charge in [-0.15, -0.1) is 11.3 Å². The van der Waals surface area contributed by atoms with Crippen molar-refractivity contribution in [1.82, 2.24) is 5.32 Å². The van der Waals surface area contributed by atoms with E-state index >= 15 is 0 Å². The van der Waals surface area contributed by atoms with Crippen molar-refractivity contribution in [3.05, 3.63) is 27.4 Å². The van der Waals surface area contributed by atoms with Crippen molar-refractivity contribution >= 4 is 30.4 Å². The molecule has 2 heterocycles. The van der Waals surface area contributed by atoms with Crippen LogP contribution in [0.2, 0.25) is 0 Å². The second-order valence-corrected chi connectivity index (χ2v) is 7.48. The number of hydrogen-bond acceptors (Lipinski definition) is 5. The standard InChI is InChI=1S/C16H21BN2O3S/c1-11(20)19-9-13(6-12-7-14(8-18)23-10-12)17-21-15(2,3)16(4,5)22-17/h6-7,10H,9H2,1-5H3,(H,19,20). The van der Waals surface area contributed by atoms with Crippen LogP contribution in [-0.4, -0.2) is 30.8 Å². The highest BCUT2D eigenvalue weighted by atomic mass is 32.1. The Morgan fingerprint density at radius 3 is 2.48 bits per heavy atom. The van der Waals surface area contributed by atoms with Crippen LogP contribution in [-0.2, 0) is 14.1 Å². The summed E-state index contributed by atoms with van der Waals surface area (Å²) in [4.78, 5) is 11.9. The van der Waals surface area contributed by atoms with Crippen molar-refractivity contribution in [3.63, 3.8) is 0 Å². The van der Waals surface area contributed by atoms with Gasteiger partial charge < -0.3 is 14.6 Å². The number of nitrogens with zero attached hydrogens (tertiary/aromatic N) is 1. The van der Waals surface area contributed by atoms with Crippen LogP contribution < -0.4 is 5.32 Å². The molecule has 1 aromatic rings. The van der Waals surface area contributed by atoms with E-state index in [1.165, 1.54) is 18.3 Å². The highest BCUT2D eigenvalue weighted by Gasteiger charge is 2.52. The van der Waals surface area contributed by atoms with Crippen molar-refractivity contribution in [1.29, 1.82) is 5.26 Å². The SMILES string of the molecule is CC(=O)NCC(=Cc1csc(C#N)c1)B1OC(C)(C)C(C)(C)O1. The monoisotopic (exact) mass is 332 g/mol. The third-order valence-electron chi connectivity index (χ3n) is 4.18. The Balaban J connectivity index is 2.28. The molecule has 122 valence electrons. The largest absolute Gasteiger partial charge is 0.492 e. The summed E-state index contributed by atoms with van der Waals surface area (Å²) in [6, 6.07) is 3.93. The number of thiophene rings is 1. The van der Waals surface area contributed by atoms with Gasteiger partial charge in [0.05, 0.1) is 11.2 Å². The molecule has 1 amide bonds. The van der Waals surface area contributed by atoms with Crippen molar-refractivity contribution in [2.45, 2.75) is 45.8 Å². The number of nitrogens with one attached hydrogen (secondary N) is 1. The predicted octanol–water partition coefficient (Wildman–Crippen LogP) is 2.77. The van der Waals surface area contributed by atoms with Crippen LogP contribution in [0.5, 0.6) is 0 Å². The molecule has 2 rings (SSSR count). The number of carbonyl (C=O) groups excluding carboxylic acids is 1. The van der Waals surface area contributed by atoms with Gasteiger partial charge in [0.2, 0.25) is 5.91 Å². The number of hydrogen-bond donors (Lipinski definition) is 1. The van der Waals surface area contributed by atoms with Gasteiger partial charge in [-0.1, -0.05) is 6.08 Å². The minimum absolute atomic E-state index is 0.115. The van der Waals surface area contributed by atoms with Gasteiger partial charge in [0.15, 0.2) is 0 Å². The average Bonchev–Trinajstić information content (AvgIpc) is 2.97. The molecular formula is C16H21BN2O3S. The molecule has 23 heavy (non-hydrogen) atoms. The van der Waals surface area contributed by atoms with Crippen molar-refractivity contribution in [3.8, 4) is 6.07 Å². The molecule has 1 aromatic heterocycles. The van der Waals surface area contributed by atoms with E-state index in [2.05, 4.69) is 11.4 Å². The second kappa shape index (κ2) is 6.48. The number of carbonyl (C=O) groups is 1. The fraction of sp³-hybridized carbons (Fsp3) is 0.500. The topological polar surface area (TPSA) is 71.4 Å². The molecule has 1 aliphatic heterocycles. The van der Waals surface area contributed by atoms with Crippen LogP contribution in [0.15, 0.2) is 16.9 Å². The number of rotatable bonds is 4. The van der Waals surface area contributed by atoms with Crippen LogP contribution in [0.25, 0.3) is 6.08 Å². The Morgan fingerprint density at radius 2 is 2.00 bits per heavy atom. The van der Waals surface area contributed by atoms with Gasteiger partial charge in [-0.25, -0.2) is 0 Å². The summed E-state index contributed by atoms with van der Waals surface area (Å²) in [5, 5.41) is 13.6. The van der Waals surface area contributed by atoms with E-state index in [1.54, 1.807) is 0 Å². The first kappa shape index (κ1) is 17.7. The summed E-state index contributed by atoms with van der Waals surface area (Å²) < 4.78 is 12.1. The van der Waals surface area contributed by atoms with Gasteiger partial charge in [-0.3, -0.25) is 4.79 Å². The van der Waals surface area contributed by atoms with E-state index in [0.29, 0.717) is 11.4 Å². The molecule has 0 aliphatic carbocycles. The molecule has 0 aromatic carbocycles. The highest BCUT2D eigenvalue weighted by Crippen LogP contribution is 2.38. The van der Waals surface area contributed by atoms with Crippen LogP contribution >= 0.6 is 11.3 Å². The van der Waals surface area contributed by atoms with Gasteiger partial charge in [0.25, 0.3) is 0 Å². The van der Waals surface area contributed by atoms with Crippen molar-refractivity contribution < 1.29 is 14.1 Å². The van der Waals surface area contributed by atoms with Gasteiger partial charge in [-0.05, 0) is 50.2 Å². The molecule has 0 saturated carbocycles. The third kappa shape index (κ3) is 4.02. The maximum absolute atomic E-state index is 11.3. The molecule has 0 bridgehead atoms. The molecule has 1 aliphatic rings. The van der Waals surface area contributed by atoms with Gasteiger partial charge in [-0.2, -0.15) is 5.26 Å². The fourth-order valence-electron chi connectivity index (χ4n) is 2.12. The molecule has 5 nitrogen and oxygen atoms in total. The molecule has 0 atom stereocenters. The Labute approximate surface area is 141 Å². The maximum Gasteiger partial charge on any atom is 0.492 e. The zero-order valence-electron chi connectivity index (χ0n) is 14.1. The molecular weight excluding hydrogens is 311 g/mol. The zero-order chi connectivity index (χ0) is 17.3. The van der Waals surface area contributed by atoms with Gasteiger partial charge >= 0.3 is 7.12 Å². The van der Waals surface area contributed by atoms with Crippen molar-refractivity contribution in [2.75, 3.05) is 6.54 Å². The number of nitriles is 1. The van der Waals surface area contributed by atoms with Gasteiger partial charge in [0, 0.05) is 13.5 Å². The lowest BCUT2D eigenvalue weighted by Gasteiger charge is -2.32. The van der Waals surface area contributed by atoms with E-state index in [1.807, 2.05) is 45.2 Å². The summed E-state index contributed by atoms with van der Waals surface area (Å²) in [5.74, 6) is -0.115. The van der Waals surface area contributed by atoms with Crippen LogP contribution in [0.1, 0.15) is 45.1 Å². The Morgan fingerprint density at radius 1 is 1.39 bits per heavy atom. The normalized spacial score (nSPS) is 19.5. The minimum Gasteiger partial charge on any atom is -0.400 e. The van der Waals surface area contributed by atoms with Gasteiger partial charge in [0.1, 0.15) is 10.9 Å². The third-order valence-corrected chi connectivity index (χ3v) is 5.03. The Hall–Kier alpha value is -1.62. The summed E-state index contributed by atoms with van der Waals surface area (Å²) in [5.41, 5.74) is 0.835. The van der Waals surface area contributed by atoms with E-state index in [9.17, 15) is 4.79 Å². The quantitative estimate of drug-likeness (QED) is 0.861. The van der Waals surface area contributed by atoms with Crippen LogP contribution in [0, 0.1) is 11.3 Å². The van der Waals surface area contributed by atoms with E-state index in [0.717, 1.165) is 11.0 Å². The molecule has 0 spiro atoms. The average molecular weight is 332 g/mol. The summed E-state index contributed by atoms with van der Waals surface area (Å²) >= 11 is 1.38. The number of amides is 1. The van der Waals surface area contributed by atoms with E-state index < -0.39 is 18.3 Å². The first-order valence-corrected chi connectivity index (χ1v) is 8.32. The lowest BCUT2D eigenvalue weighted by Crippen LogP contribution is -2.41. The summed E-state index contributed by atoms with van der Waals surface area (Å²) in [6.07, 6.45) is 1.91. The molecule has 1 N–H and O–H groups in total. The van der Waals surface area contributed by atoms with Crippen molar-refractivity contribution in [2.24, 2.45) is 0 Å². The lowest BCUT2D eigenvalue weighted by atomic mass is 9.77. The Kier molecular flexibility index (Phi) is 5.00. The smallest absolute Gasteiger partial charge is 0.400 e. The molecule has 1 fully saturated rings. The maximum atomic E-state index is 11.3. The summed E-state index contributed by atoms with van der Waals surface area (Å²) in [7, 11) is -0.530. The highest BCUT2D eigenvalue weighted by molar-refractivity contribution is 7.10. The van der Waals surface area contributed by atoms with Crippen LogP contribution in [0.3, 0.4) is 0 Å². The fourth-order valence-corrected chi connectivity index (χ4v) is 2.78. The minimum atomic E-state index is -0.530. The molecule has 0 radical (unpaired) electrons. The molecule has 0 unspecified atom stereocenters. The molecule has 7 heteroatoms. The van der Waals surface area contributed by atoms with E-state index in [-0.39, 0.29) is 5.91 Å². The lowest BCUT2D eigenvalue weighted by molar-refractivity contribution is -0.118. The van der Waals surface area contributed by atoms with Crippen LogP contribution in [0.4, 0.5) is 0 Å². The Bertz CT molecular complexity index is 657. The summed E-state index contributed by atoms with van der Waals surface area (Å²) in [6.45, 7) is 9.76. The zero-order valence-corrected chi connectivity index (χ0v) is 14.9. The first-order valence-electron chi connectivity index (χ1n) is 7.44. The van der Waals surface area contributed by atoms with E-state index in [4.69, 9.17) is 14.6 Å².